The van der Waals surface area contributed by atoms with Crippen molar-refractivity contribution in [2.75, 3.05) is 19.7 Å². The number of fused-ring (bicyclic) bond motifs is 1. The number of esters is 2. The van der Waals surface area contributed by atoms with Crippen LogP contribution in [0, 0.1) is 12.8 Å². The molecule has 184 valence electrons. The third kappa shape index (κ3) is 5.18. The first-order valence-corrected chi connectivity index (χ1v) is 12.9. The maximum atomic E-state index is 12.8. The number of ether oxygens (including phenoxy) is 2. The van der Waals surface area contributed by atoms with Gasteiger partial charge in [-0.05, 0) is 50.5 Å². The van der Waals surface area contributed by atoms with Crippen LogP contribution in [0.25, 0.3) is 10.9 Å². The van der Waals surface area contributed by atoms with Gasteiger partial charge in [0.05, 0.1) is 29.3 Å². The second kappa shape index (κ2) is 10.5. The van der Waals surface area contributed by atoms with Crippen molar-refractivity contribution in [2.45, 2.75) is 38.2 Å². The number of aromatic nitrogens is 2. The monoisotopic (exact) mass is 497 g/mol. The van der Waals surface area contributed by atoms with Crippen LogP contribution in [0.15, 0.2) is 53.7 Å². The van der Waals surface area contributed by atoms with E-state index in [0.29, 0.717) is 35.2 Å². The van der Waals surface area contributed by atoms with Gasteiger partial charge in [0.25, 0.3) is 0 Å². The number of aryl methyl sites for hydroxylation is 1. The summed E-state index contributed by atoms with van der Waals surface area (Å²) in [5.74, 6) is -1.39. The summed E-state index contributed by atoms with van der Waals surface area (Å²) in [4.78, 5) is 34.0. The Kier molecular flexibility index (Phi) is 7.42. The number of hydrogen-bond donors (Lipinski definition) is 0. The highest BCUT2D eigenvalue weighted by atomic mass is 32.2. The van der Waals surface area contributed by atoms with Crippen LogP contribution in [0.2, 0.25) is 0 Å². The van der Waals surface area contributed by atoms with E-state index in [1.807, 2.05) is 31.2 Å². The van der Waals surface area contributed by atoms with Crippen LogP contribution in [0.3, 0.4) is 0 Å². The summed E-state index contributed by atoms with van der Waals surface area (Å²) in [7, 11) is -3.66. The molecule has 0 atom stereocenters. The molecule has 1 fully saturated rings. The minimum absolute atomic E-state index is 0.130. The van der Waals surface area contributed by atoms with Crippen LogP contribution in [0.1, 0.15) is 41.4 Å². The number of carbonyl (C=O) groups is 2. The van der Waals surface area contributed by atoms with Gasteiger partial charge in [-0.2, -0.15) is 4.31 Å². The lowest BCUT2D eigenvalue weighted by Gasteiger charge is -2.30. The van der Waals surface area contributed by atoms with Crippen molar-refractivity contribution in [3.05, 3.63) is 65.6 Å². The Morgan fingerprint density at radius 1 is 1.09 bits per heavy atom. The van der Waals surface area contributed by atoms with Crippen molar-refractivity contribution in [3.8, 4) is 0 Å². The van der Waals surface area contributed by atoms with Crippen LogP contribution in [-0.2, 0) is 30.9 Å². The van der Waals surface area contributed by atoms with Gasteiger partial charge in [-0.3, -0.25) is 9.78 Å². The Hall–Kier alpha value is -3.37. The predicted octanol–water partition coefficient (Wildman–Crippen LogP) is 3.26. The van der Waals surface area contributed by atoms with Crippen molar-refractivity contribution in [3.63, 3.8) is 0 Å². The molecule has 0 radical (unpaired) electrons. The van der Waals surface area contributed by atoms with Crippen LogP contribution < -0.4 is 0 Å². The summed E-state index contributed by atoms with van der Waals surface area (Å²) in [6.07, 6.45) is 3.51. The number of pyridine rings is 2. The van der Waals surface area contributed by atoms with Gasteiger partial charge in [0, 0.05) is 30.9 Å². The van der Waals surface area contributed by atoms with E-state index in [-0.39, 0.29) is 31.2 Å². The summed E-state index contributed by atoms with van der Waals surface area (Å²) in [5.41, 5.74) is 2.05. The zero-order valence-corrected chi connectivity index (χ0v) is 20.5. The molecule has 9 nitrogen and oxygen atoms in total. The van der Waals surface area contributed by atoms with Crippen molar-refractivity contribution in [1.29, 1.82) is 0 Å². The Balaban J connectivity index is 1.45. The molecule has 2 aromatic heterocycles. The molecule has 1 aliphatic heterocycles. The van der Waals surface area contributed by atoms with E-state index in [1.165, 1.54) is 22.8 Å². The topological polar surface area (TPSA) is 116 Å². The molecule has 1 aliphatic rings. The van der Waals surface area contributed by atoms with Crippen LogP contribution in [0.4, 0.5) is 0 Å². The first-order chi connectivity index (χ1) is 16.8. The lowest BCUT2D eigenvalue weighted by Crippen LogP contribution is -2.40. The molecule has 0 aliphatic carbocycles. The maximum absolute atomic E-state index is 12.8. The largest absolute Gasteiger partial charge is 0.462 e. The highest BCUT2D eigenvalue weighted by Gasteiger charge is 2.33. The zero-order valence-electron chi connectivity index (χ0n) is 19.6. The average Bonchev–Trinajstić information content (AvgIpc) is 2.88. The standard InChI is InChI=1S/C25H27N3O6S/c1-3-33-25(30)23-17(2)20-8-4-5-9-21(20)27-22(23)16-34-24(29)18-10-13-28(14-11-18)35(31,32)19-7-6-12-26-15-19/h4-9,12,15,18H,3,10-11,13-14,16H2,1-2H3. The third-order valence-corrected chi connectivity index (χ3v) is 8.00. The van der Waals surface area contributed by atoms with Crippen molar-refractivity contribution >= 4 is 32.9 Å². The summed E-state index contributed by atoms with van der Waals surface area (Å²) < 4.78 is 37.7. The van der Waals surface area contributed by atoms with Gasteiger partial charge < -0.3 is 9.47 Å². The van der Waals surface area contributed by atoms with E-state index in [4.69, 9.17) is 9.47 Å². The van der Waals surface area contributed by atoms with Gasteiger partial charge in [-0.15, -0.1) is 0 Å². The SMILES string of the molecule is CCOC(=O)c1c(COC(=O)C2CCN(S(=O)(=O)c3cccnc3)CC2)nc2ccccc2c1C. The van der Waals surface area contributed by atoms with Gasteiger partial charge in [0.1, 0.15) is 11.5 Å². The smallest absolute Gasteiger partial charge is 0.340 e. The molecule has 4 rings (SSSR count). The summed E-state index contributed by atoms with van der Waals surface area (Å²) >= 11 is 0. The fraction of sp³-hybridized carbons (Fsp3) is 0.360. The third-order valence-electron chi connectivity index (χ3n) is 6.12. The van der Waals surface area contributed by atoms with E-state index in [2.05, 4.69) is 9.97 Å². The van der Waals surface area contributed by atoms with Gasteiger partial charge in [-0.25, -0.2) is 18.2 Å². The summed E-state index contributed by atoms with van der Waals surface area (Å²) in [6, 6.07) is 10.5. The number of piperidine rings is 1. The number of nitrogens with zero attached hydrogens (tertiary/aromatic N) is 3. The van der Waals surface area contributed by atoms with Gasteiger partial charge in [0.2, 0.25) is 10.0 Å². The Morgan fingerprint density at radius 3 is 2.51 bits per heavy atom. The molecule has 0 unspecified atom stereocenters. The molecule has 0 amide bonds. The van der Waals surface area contributed by atoms with Gasteiger partial charge >= 0.3 is 11.9 Å². The van der Waals surface area contributed by atoms with Crippen LogP contribution in [0.5, 0.6) is 0 Å². The normalized spacial score (nSPS) is 15.1. The molecule has 0 N–H and O–H groups in total. The molecule has 3 heterocycles. The highest BCUT2D eigenvalue weighted by Crippen LogP contribution is 2.27. The highest BCUT2D eigenvalue weighted by molar-refractivity contribution is 7.89. The lowest BCUT2D eigenvalue weighted by atomic mass is 9.98. The molecular weight excluding hydrogens is 470 g/mol. The lowest BCUT2D eigenvalue weighted by molar-refractivity contribution is -0.151. The predicted molar refractivity (Wildman–Crippen MR) is 128 cm³/mol. The summed E-state index contributed by atoms with van der Waals surface area (Å²) in [5, 5.41) is 0.827. The van der Waals surface area contributed by atoms with E-state index in [0.717, 1.165) is 5.39 Å². The fourth-order valence-electron chi connectivity index (χ4n) is 4.26. The molecule has 3 aromatic rings. The molecular formula is C25H27N3O6S. The van der Waals surface area contributed by atoms with E-state index in [1.54, 1.807) is 13.0 Å². The van der Waals surface area contributed by atoms with Gasteiger partial charge in [0.15, 0.2) is 0 Å². The number of rotatable bonds is 7. The van der Waals surface area contributed by atoms with Crippen molar-refractivity contribution in [2.24, 2.45) is 5.92 Å². The number of carbonyl (C=O) groups excluding carboxylic acids is 2. The molecule has 1 aromatic carbocycles. The summed E-state index contributed by atoms with van der Waals surface area (Å²) in [6.45, 7) is 4.00. The number of sulfonamides is 1. The molecule has 0 saturated carbocycles. The Morgan fingerprint density at radius 2 is 1.83 bits per heavy atom. The van der Waals surface area contributed by atoms with E-state index >= 15 is 0 Å². The molecule has 0 spiro atoms. The maximum Gasteiger partial charge on any atom is 0.340 e. The number of hydrogen-bond acceptors (Lipinski definition) is 8. The molecule has 1 saturated heterocycles. The molecule has 0 bridgehead atoms. The first-order valence-electron chi connectivity index (χ1n) is 11.4. The minimum Gasteiger partial charge on any atom is -0.462 e. The first kappa shape index (κ1) is 24.7. The Bertz CT molecular complexity index is 1340. The van der Waals surface area contributed by atoms with Crippen LogP contribution >= 0.6 is 0 Å². The van der Waals surface area contributed by atoms with E-state index < -0.39 is 27.9 Å². The van der Waals surface area contributed by atoms with Crippen molar-refractivity contribution < 1.29 is 27.5 Å². The second-order valence-corrected chi connectivity index (χ2v) is 10.2. The quantitative estimate of drug-likeness (QED) is 0.457. The molecule has 35 heavy (non-hydrogen) atoms. The minimum atomic E-state index is -3.66. The van der Waals surface area contributed by atoms with Crippen molar-refractivity contribution in [1.82, 2.24) is 14.3 Å². The fourth-order valence-corrected chi connectivity index (χ4v) is 5.69. The van der Waals surface area contributed by atoms with E-state index in [9.17, 15) is 18.0 Å². The number of para-hydroxylation sites is 1. The van der Waals surface area contributed by atoms with Gasteiger partial charge in [-0.1, -0.05) is 18.2 Å². The number of benzene rings is 1. The second-order valence-electron chi connectivity index (χ2n) is 8.27. The zero-order chi connectivity index (χ0) is 25.0. The van der Waals surface area contributed by atoms with Crippen LogP contribution in [-0.4, -0.2) is 54.3 Å². The average molecular weight is 498 g/mol. The Labute approximate surface area is 204 Å². The molecule has 10 heteroatoms.